The largest absolute Gasteiger partial charge is 0.488 e. The number of sulfone groups is 1. The number of rotatable bonds is 11. The molecule has 41 heavy (non-hydrogen) atoms. The van der Waals surface area contributed by atoms with Crippen LogP contribution in [0.25, 0.3) is 22.2 Å². The highest BCUT2D eigenvalue weighted by Gasteiger charge is 2.15. The summed E-state index contributed by atoms with van der Waals surface area (Å²) in [6.45, 7) is 0.895. The highest BCUT2D eigenvalue weighted by molar-refractivity contribution is 9.10. The topological polar surface area (TPSA) is 106 Å². The summed E-state index contributed by atoms with van der Waals surface area (Å²) in [6, 6.07) is 14.6. The third kappa shape index (κ3) is 7.61. The van der Waals surface area contributed by atoms with E-state index in [0.29, 0.717) is 67.5 Å². The number of benzene rings is 3. The highest BCUT2D eigenvalue weighted by Crippen LogP contribution is 2.34. The second kappa shape index (κ2) is 12.6. The van der Waals surface area contributed by atoms with E-state index in [0.717, 1.165) is 0 Å². The Bertz CT molecular complexity index is 1820. The maximum atomic E-state index is 15.1. The first-order valence-electron chi connectivity index (χ1n) is 12.4. The molecule has 0 amide bonds. The van der Waals surface area contributed by atoms with Crippen molar-refractivity contribution in [2.75, 3.05) is 23.9 Å². The maximum Gasteiger partial charge on any atom is 0.148 e. The van der Waals surface area contributed by atoms with Crippen LogP contribution < -0.4 is 15.4 Å². The van der Waals surface area contributed by atoms with E-state index in [9.17, 15) is 12.8 Å². The molecule has 0 saturated carbocycles. The Balaban J connectivity index is 1.32. The van der Waals surface area contributed by atoms with E-state index >= 15 is 4.39 Å². The zero-order chi connectivity index (χ0) is 29.0. The van der Waals surface area contributed by atoms with Crippen molar-refractivity contribution in [2.24, 2.45) is 0 Å². The fraction of sp³-hybridized carbons (Fsp3) is 0.179. The second-order valence-corrected chi connectivity index (χ2v) is 13.3. The summed E-state index contributed by atoms with van der Waals surface area (Å²) in [4.78, 5) is 13.1. The molecule has 0 atom stereocenters. The van der Waals surface area contributed by atoms with Gasteiger partial charge in [0, 0.05) is 47.4 Å². The van der Waals surface area contributed by atoms with Gasteiger partial charge in [-0.25, -0.2) is 32.2 Å². The molecule has 0 unspecified atom stereocenters. The molecule has 0 aliphatic rings. The second-order valence-electron chi connectivity index (χ2n) is 9.19. The van der Waals surface area contributed by atoms with Gasteiger partial charge in [0.15, 0.2) is 0 Å². The minimum atomic E-state index is -3.06. The number of hydrogen-bond donors (Lipinski definition) is 2. The van der Waals surface area contributed by atoms with Crippen LogP contribution in [-0.2, 0) is 23.0 Å². The van der Waals surface area contributed by atoms with Crippen LogP contribution in [0.3, 0.4) is 0 Å². The summed E-state index contributed by atoms with van der Waals surface area (Å²) >= 11 is 4.88. The summed E-state index contributed by atoms with van der Waals surface area (Å²) in [5.74, 6) is 0.309. The van der Waals surface area contributed by atoms with Crippen molar-refractivity contribution < 1.29 is 21.9 Å². The Labute approximate surface area is 247 Å². The predicted octanol–water partition coefficient (Wildman–Crippen LogP) is 6.25. The molecule has 0 aliphatic heterocycles. The van der Waals surface area contributed by atoms with Crippen molar-refractivity contribution in [3.8, 4) is 17.0 Å². The lowest BCUT2D eigenvalue weighted by Gasteiger charge is -2.13. The smallest absolute Gasteiger partial charge is 0.148 e. The fourth-order valence-electron chi connectivity index (χ4n) is 3.96. The molecule has 0 spiro atoms. The molecule has 3 aromatic carbocycles. The minimum Gasteiger partial charge on any atom is -0.488 e. The number of nitrogens with one attached hydrogen (secondary N) is 2. The Kier molecular flexibility index (Phi) is 8.88. The van der Waals surface area contributed by atoms with Gasteiger partial charge in [-0.2, -0.15) is 0 Å². The van der Waals surface area contributed by atoms with Crippen molar-refractivity contribution in [3.63, 3.8) is 0 Å². The number of thiazole rings is 1. The number of aromatic nitrogens is 3. The first kappa shape index (κ1) is 29.0. The molecule has 0 radical (unpaired) electrons. The van der Waals surface area contributed by atoms with Gasteiger partial charge in [0.2, 0.25) is 0 Å². The lowest BCUT2D eigenvalue weighted by Crippen LogP contribution is -2.21. The van der Waals surface area contributed by atoms with Crippen LogP contribution in [0.5, 0.6) is 5.75 Å². The SMILES string of the molecule is CS(=O)(=O)CCNCc1nc(-c2cc3c(Nc4ccc(OCc5cccc(F)c5)c(Br)c4)ncnc3cc2F)cs1. The van der Waals surface area contributed by atoms with Crippen LogP contribution in [0.4, 0.5) is 20.3 Å². The van der Waals surface area contributed by atoms with Crippen molar-refractivity contribution in [2.45, 2.75) is 13.2 Å². The van der Waals surface area contributed by atoms with E-state index in [1.807, 2.05) is 12.1 Å². The van der Waals surface area contributed by atoms with Gasteiger partial charge in [0.25, 0.3) is 0 Å². The lowest BCUT2D eigenvalue weighted by molar-refractivity contribution is 0.303. The van der Waals surface area contributed by atoms with Crippen molar-refractivity contribution in [1.82, 2.24) is 20.3 Å². The van der Waals surface area contributed by atoms with Gasteiger partial charge >= 0.3 is 0 Å². The first-order chi connectivity index (χ1) is 19.6. The average molecular weight is 661 g/mol. The zero-order valence-corrected chi connectivity index (χ0v) is 24.9. The third-order valence-electron chi connectivity index (χ3n) is 5.96. The summed E-state index contributed by atoms with van der Waals surface area (Å²) in [5.41, 5.74) is 2.61. The lowest BCUT2D eigenvalue weighted by atomic mass is 10.1. The van der Waals surface area contributed by atoms with E-state index in [1.165, 1.54) is 42.1 Å². The minimum absolute atomic E-state index is 0.0293. The van der Waals surface area contributed by atoms with Crippen molar-refractivity contribution in [3.05, 3.63) is 93.0 Å². The Morgan fingerprint density at radius 3 is 2.71 bits per heavy atom. The van der Waals surface area contributed by atoms with E-state index in [-0.39, 0.29) is 18.2 Å². The van der Waals surface area contributed by atoms with Crippen molar-refractivity contribution in [1.29, 1.82) is 0 Å². The van der Waals surface area contributed by atoms with Crippen LogP contribution in [0, 0.1) is 11.6 Å². The molecule has 0 bridgehead atoms. The number of anilines is 2. The maximum absolute atomic E-state index is 15.1. The van der Waals surface area contributed by atoms with Crippen LogP contribution in [-0.4, -0.2) is 41.9 Å². The first-order valence-corrected chi connectivity index (χ1v) is 16.1. The van der Waals surface area contributed by atoms with Crippen LogP contribution in [0.15, 0.2) is 70.8 Å². The number of hydrogen-bond acceptors (Lipinski definition) is 9. The Morgan fingerprint density at radius 1 is 1.07 bits per heavy atom. The van der Waals surface area contributed by atoms with Gasteiger partial charge in [-0.05, 0) is 57.9 Å². The summed E-state index contributed by atoms with van der Waals surface area (Å²) in [6.07, 6.45) is 2.55. The molecule has 0 saturated heterocycles. The number of halogens is 3. The molecule has 212 valence electrons. The third-order valence-corrected chi connectivity index (χ3v) is 8.37. The van der Waals surface area contributed by atoms with Gasteiger partial charge in [0.1, 0.15) is 51.0 Å². The van der Waals surface area contributed by atoms with Gasteiger partial charge in [0.05, 0.1) is 21.4 Å². The molecule has 2 N–H and O–H groups in total. The molecular formula is C28H24BrF2N5O3S2. The fourth-order valence-corrected chi connectivity index (χ4v) is 5.73. The molecule has 8 nitrogen and oxygen atoms in total. The van der Waals surface area contributed by atoms with Crippen LogP contribution in [0.2, 0.25) is 0 Å². The molecule has 0 aliphatic carbocycles. The number of nitrogens with zero attached hydrogens (tertiary/aromatic N) is 3. The molecule has 13 heteroatoms. The Morgan fingerprint density at radius 2 is 1.93 bits per heavy atom. The monoisotopic (exact) mass is 659 g/mol. The van der Waals surface area contributed by atoms with Crippen molar-refractivity contribution >= 4 is 59.5 Å². The van der Waals surface area contributed by atoms with E-state index in [4.69, 9.17) is 4.74 Å². The number of fused-ring (bicyclic) bond motifs is 1. The predicted molar refractivity (Wildman–Crippen MR) is 160 cm³/mol. The normalized spacial score (nSPS) is 11.6. The van der Waals surface area contributed by atoms with E-state index in [1.54, 1.807) is 29.6 Å². The molecular weight excluding hydrogens is 636 g/mol. The Hall–Kier alpha value is -3.52. The summed E-state index contributed by atoms with van der Waals surface area (Å²) in [7, 11) is -3.06. The standard InChI is InChI=1S/C28H24BrF2N5O3S2/c1-41(37,38)8-7-32-13-27-36-25(15-40-27)20-11-21-24(12-23(20)31)33-16-34-28(21)35-19-5-6-26(22(29)10-19)39-14-17-3-2-4-18(30)9-17/h2-6,9-12,15-16,32H,7-8,13-14H2,1H3,(H,33,34,35). The number of ether oxygens (including phenoxy) is 1. The van der Waals surface area contributed by atoms with Gasteiger partial charge < -0.3 is 15.4 Å². The van der Waals surface area contributed by atoms with Crippen LogP contribution >= 0.6 is 27.3 Å². The average Bonchev–Trinajstić information content (AvgIpc) is 3.39. The molecule has 5 aromatic rings. The quantitative estimate of drug-likeness (QED) is 0.160. The van der Waals surface area contributed by atoms with Gasteiger partial charge in [-0.1, -0.05) is 12.1 Å². The van der Waals surface area contributed by atoms with Gasteiger partial charge in [-0.3, -0.25) is 0 Å². The van der Waals surface area contributed by atoms with Gasteiger partial charge in [-0.15, -0.1) is 11.3 Å². The summed E-state index contributed by atoms with van der Waals surface area (Å²) < 4.78 is 57.7. The molecule has 0 fully saturated rings. The van der Waals surface area contributed by atoms with E-state index in [2.05, 4.69) is 41.5 Å². The van der Waals surface area contributed by atoms with Crippen LogP contribution in [0.1, 0.15) is 10.6 Å². The van der Waals surface area contributed by atoms with E-state index < -0.39 is 15.7 Å². The molecule has 5 rings (SSSR count). The molecule has 2 aromatic heterocycles. The zero-order valence-electron chi connectivity index (χ0n) is 21.7. The summed E-state index contributed by atoms with van der Waals surface area (Å²) in [5, 5.41) is 9.38. The highest BCUT2D eigenvalue weighted by atomic mass is 79.9. The molecule has 2 heterocycles.